The van der Waals surface area contributed by atoms with E-state index in [1.807, 2.05) is 6.20 Å². The highest BCUT2D eigenvalue weighted by Gasteiger charge is 2.10. The minimum Gasteiger partial charge on any atom is -0.270 e. The molecule has 1 aromatic rings. The molecule has 1 aromatic heterocycles. The van der Waals surface area contributed by atoms with Gasteiger partial charge in [-0.05, 0) is 31.7 Å². The first-order valence-corrected chi connectivity index (χ1v) is 6.21. The van der Waals surface area contributed by atoms with Crippen molar-refractivity contribution in [2.75, 3.05) is 0 Å². The molecule has 0 aliphatic rings. The molecular formula is C11H19BrN2. The number of hydrogen-bond acceptors (Lipinski definition) is 1. The normalized spacial score (nSPS) is 13.5. The molecule has 80 valence electrons. The number of rotatable bonds is 5. The lowest BCUT2D eigenvalue weighted by Crippen LogP contribution is -2.10. The molecule has 0 N–H and O–H groups in total. The summed E-state index contributed by atoms with van der Waals surface area (Å²) in [4.78, 5) is 0.614. The number of halogens is 1. The van der Waals surface area contributed by atoms with Crippen molar-refractivity contribution >= 4 is 15.9 Å². The fourth-order valence-corrected chi connectivity index (χ4v) is 1.71. The van der Waals surface area contributed by atoms with Crippen LogP contribution in [0.2, 0.25) is 0 Å². The standard InChI is InChI=1S/C11H19BrN2/c1-4-14-10(7-8-13-14)5-6-11(12)9(2)3/h7-9,11H,4-6H2,1-3H3. The Bertz CT molecular complexity index is 268. The predicted molar refractivity (Wildman–Crippen MR) is 63.8 cm³/mol. The summed E-state index contributed by atoms with van der Waals surface area (Å²) in [7, 11) is 0. The first-order chi connectivity index (χ1) is 6.65. The van der Waals surface area contributed by atoms with E-state index in [9.17, 15) is 0 Å². The molecule has 0 saturated heterocycles. The Labute approximate surface area is 94.8 Å². The summed E-state index contributed by atoms with van der Waals surface area (Å²) < 4.78 is 2.07. The van der Waals surface area contributed by atoms with Gasteiger partial charge in [0.1, 0.15) is 0 Å². The van der Waals surface area contributed by atoms with Crippen molar-refractivity contribution in [3.05, 3.63) is 18.0 Å². The van der Waals surface area contributed by atoms with Crippen LogP contribution >= 0.6 is 15.9 Å². The zero-order chi connectivity index (χ0) is 10.6. The summed E-state index contributed by atoms with van der Waals surface area (Å²) in [5.41, 5.74) is 1.35. The van der Waals surface area contributed by atoms with Gasteiger partial charge in [0.2, 0.25) is 0 Å². The summed E-state index contributed by atoms with van der Waals surface area (Å²) >= 11 is 3.70. The molecule has 14 heavy (non-hydrogen) atoms. The molecule has 1 atom stereocenters. The highest BCUT2D eigenvalue weighted by Crippen LogP contribution is 2.18. The Hall–Kier alpha value is -0.310. The molecule has 3 heteroatoms. The smallest absolute Gasteiger partial charge is 0.0492 e. The highest BCUT2D eigenvalue weighted by molar-refractivity contribution is 9.09. The highest BCUT2D eigenvalue weighted by atomic mass is 79.9. The zero-order valence-corrected chi connectivity index (χ0v) is 10.8. The maximum absolute atomic E-state index is 4.26. The van der Waals surface area contributed by atoms with Crippen LogP contribution in [-0.2, 0) is 13.0 Å². The van der Waals surface area contributed by atoms with Crippen molar-refractivity contribution < 1.29 is 0 Å². The molecule has 0 amide bonds. The van der Waals surface area contributed by atoms with Crippen molar-refractivity contribution in [2.45, 2.75) is 45.0 Å². The van der Waals surface area contributed by atoms with Gasteiger partial charge in [-0.25, -0.2) is 0 Å². The Morgan fingerprint density at radius 2 is 2.21 bits per heavy atom. The van der Waals surface area contributed by atoms with Crippen LogP contribution in [0.1, 0.15) is 32.9 Å². The van der Waals surface area contributed by atoms with E-state index in [0.717, 1.165) is 13.0 Å². The Kier molecular flexibility index (Phi) is 4.66. The third kappa shape index (κ3) is 3.12. The van der Waals surface area contributed by atoms with Gasteiger partial charge in [-0.3, -0.25) is 4.68 Å². The number of aromatic nitrogens is 2. The Balaban J connectivity index is 2.45. The van der Waals surface area contributed by atoms with Crippen LogP contribution < -0.4 is 0 Å². The minimum atomic E-state index is 0.614. The molecular weight excluding hydrogens is 240 g/mol. The van der Waals surface area contributed by atoms with E-state index in [1.165, 1.54) is 12.1 Å². The van der Waals surface area contributed by atoms with E-state index >= 15 is 0 Å². The quantitative estimate of drug-likeness (QED) is 0.742. The SMILES string of the molecule is CCn1nccc1CCC(Br)C(C)C. The summed E-state index contributed by atoms with van der Waals surface area (Å²) in [5.74, 6) is 0.702. The fraction of sp³-hybridized carbons (Fsp3) is 0.727. The van der Waals surface area contributed by atoms with Gasteiger partial charge in [-0.1, -0.05) is 29.8 Å². The van der Waals surface area contributed by atoms with Gasteiger partial charge < -0.3 is 0 Å². The fourth-order valence-electron chi connectivity index (χ4n) is 1.48. The van der Waals surface area contributed by atoms with Gasteiger partial charge in [0.15, 0.2) is 0 Å². The first kappa shape index (κ1) is 11.8. The van der Waals surface area contributed by atoms with Crippen molar-refractivity contribution in [1.29, 1.82) is 0 Å². The third-order valence-electron chi connectivity index (χ3n) is 2.50. The molecule has 0 saturated carbocycles. The van der Waals surface area contributed by atoms with Crippen molar-refractivity contribution in [2.24, 2.45) is 5.92 Å². The molecule has 1 rings (SSSR count). The molecule has 0 spiro atoms. The zero-order valence-electron chi connectivity index (χ0n) is 9.20. The van der Waals surface area contributed by atoms with Gasteiger partial charge in [-0.2, -0.15) is 5.10 Å². The van der Waals surface area contributed by atoms with Gasteiger partial charge >= 0.3 is 0 Å². The van der Waals surface area contributed by atoms with Crippen molar-refractivity contribution in [3.8, 4) is 0 Å². The molecule has 0 fully saturated rings. The first-order valence-electron chi connectivity index (χ1n) is 5.30. The lowest BCUT2D eigenvalue weighted by molar-refractivity contribution is 0.555. The molecule has 0 aliphatic heterocycles. The molecule has 0 bridgehead atoms. The third-order valence-corrected chi connectivity index (χ3v) is 4.02. The second-order valence-corrected chi connectivity index (χ2v) is 5.11. The largest absolute Gasteiger partial charge is 0.270 e. The molecule has 0 radical (unpaired) electrons. The van der Waals surface area contributed by atoms with E-state index in [2.05, 4.69) is 52.5 Å². The van der Waals surface area contributed by atoms with Crippen LogP contribution in [0.5, 0.6) is 0 Å². The summed E-state index contributed by atoms with van der Waals surface area (Å²) in [6.45, 7) is 7.59. The minimum absolute atomic E-state index is 0.614. The van der Waals surface area contributed by atoms with Crippen LogP contribution in [0, 0.1) is 5.92 Å². The van der Waals surface area contributed by atoms with Gasteiger partial charge in [0.05, 0.1) is 0 Å². The van der Waals surface area contributed by atoms with Crippen LogP contribution in [-0.4, -0.2) is 14.6 Å². The number of alkyl halides is 1. The van der Waals surface area contributed by atoms with Crippen molar-refractivity contribution in [1.82, 2.24) is 9.78 Å². The average molecular weight is 259 g/mol. The lowest BCUT2D eigenvalue weighted by Gasteiger charge is -2.13. The maximum Gasteiger partial charge on any atom is 0.0492 e. The Morgan fingerprint density at radius 3 is 2.79 bits per heavy atom. The summed E-state index contributed by atoms with van der Waals surface area (Å²) in [5, 5.41) is 4.26. The molecule has 1 heterocycles. The van der Waals surface area contributed by atoms with E-state index in [0.29, 0.717) is 10.7 Å². The maximum atomic E-state index is 4.26. The average Bonchev–Trinajstić information content (AvgIpc) is 2.60. The van der Waals surface area contributed by atoms with Crippen LogP contribution in [0.3, 0.4) is 0 Å². The van der Waals surface area contributed by atoms with Gasteiger partial charge in [-0.15, -0.1) is 0 Å². The van der Waals surface area contributed by atoms with Crippen LogP contribution in [0.4, 0.5) is 0 Å². The lowest BCUT2D eigenvalue weighted by atomic mass is 10.1. The Morgan fingerprint density at radius 1 is 1.50 bits per heavy atom. The van der Waals surface area contributed by atoms with E-state index in [-0.39, 0.29) is 0 Å². The van der Waals surface area contributed by atoms with Crippen molar-refractivity contribution in [3.63, 3.8) is 0 Å². The number of nitrogens with zero attached hydrogens (tertiary/aromatic N) is 2. The monoisotopic (exact) mass is 258 g/mol. The summed E-state index contributed by atoms with van der Waals surface area (Å²) in [6, 6.07) is 2.11. The second kappa shape index (κ2) is 5.54. The van der Waals surface area contributed by atoms with Crippen LogP contribution in [0.25, 0.3) is 0 Å². The molecule has 1 unspecified atom stereocenters. The topological polar surface area (TPSA) is 17.8 Å². The molecule has 0 aromatic carbocycles. The number of aryl methyl sites for hydroxylation is 2. The molecule has 0 aliphatic carbocycles. The predicted octanol–water partition coefficient (Wildman–Crippen LogP) is 3.26. The second-order valence-electron chi connectivity index (χ2n) is 3.94. The summed E-state index contributed by atoms with van der Waals surface area (Å²) in [6.07, 6.45) is 4.18. The molecule has 2 nitrogen and oxygen atoms in total. The van der Waals surface area contributed by atoms with Gasteiger partial charge in [0, 0.05) is 23.3 Å². The van der Waals surface area contributed by atoms with E-state index in [1.54, 1.807) is 0 Å². The van der Waals surface area contributed by atoms with Crippen LogP contribution in [0.15, 0.2) is 12.3 Å². The number of hydrogen-bond donors (Lipinski definition) is 0. The van der Waals surface area contributed by atoms with E-state index in [4.69, 9.17) is 0 Å². The van der Waals surface area contributed by atoms with E-state index < -0.39 is 0 Å². The van der Waals surface area contributed by atoms with Gasteiger partial charge in [0.25, 0.3) is 0 Å².